The molecule has 42 heavy (non-hydrogen) atoms. The van der Waals surface area contributed by atoms with Crippen LogP contribution in [0, 0.1) is 0 Å². The van der Waals surface area contributed by atoms with Crippen molar-refractivity contribution in [3.05, 3.63) is 88.5 Å². The molecule has 4 nitrogen and oxygen atoms in total. The molecule has 0 radical (unpaired) electrons. The van der Waals surface area contributed by atoms with E-state index in [-0.39, 0.29) is 16.5 Å². The molecule has 3 rings (SSSR count). The van der Waals surface area contributed by atoms with Crippen LogP contribution in [0.15, 0.2) is 71.8 Å². The van der Waals surface area contributed by atoms with E-state index in [0.717, 1.165) is 80.0 Å². The minimum atomic E-state index is 0. The summed E-state index contributed by atoms with van der Waals surface area (Å²) < 4.78 is 1.48. The molecule has 2 aromatic rings. The Hall–Kier alpha value is -2.65. The van der Waals surface area contributed by atoms with Gasteiger partial charge in [-0.05, 0) is 102 Å². The maximum Gasteiger partial charge on any atom is 0.215 e. The molecule has 1 heterocycles. The number of rotatable bonds is 18. The van der Waals surface area contributed by atoms with Crippen molar-refractivity contribution in [1.82, 2.24) is 0 Å². The van der Waals surface area contributed by atoms with Gasteiger partial charge < -0.3 is 15.3 Å². The molecule has 0 unspecified atom stereocenters. The standard InChI is InChI=1S/C37H54N4.Ni/c1-7-13-15-16-17-18-19-21-35-34(20-14-8-2)36(30-22-26-32(27-23-30)39(9-3)10-4)41(38)37(35)31-24-28-33(29-25-31)40(11-5)12-6;/h19,21-29H,7-18,20H2,1-6H3;. The summed E-state index contributed by atoms with van der Waals surface area (Å²) in [6.07, 6.45) is 15.3. The van der Waals surface area contributed by atoms with Crippen LogP contribution in [-0.2, 0) is 16.5 Å². The first-order chi connectivity index (χ1) is 20.0. The van der Waals surface area contributed by atoms with Gasteiger partial charge in [0.05, 0.1) is 5.57 Å². The third-order valence-corrected chi connectivity index (χ3v) is 8.37. The molecule has 1 aliphatic rings. The summed E-state index contributed by atoms with van der Waals surface area (Å²) in [6.45, 7) is 17.2. The van der Waals surface area contributed by atoms with Gasteiger partial charge in [-0.1, -0.05) is 58.1 Å². The van der Waals surface area contributed by atoms with Crippen molar-refractivity contribution in [3.8, 4) is 0 Å². The zero-order chi connectivity index (χ0) is 29.6. The van der Waals surface area contributed by atoms with Crippen molar-refractivity contribution in [2.24, 2.45) is 0 Å². The minimum absolute atomic E-state index is 0. The van der Waals surface area contributed by atoms with E-state index < -0.39 is 0 Å². The predicted molar refractivity (Wildman–Crippen MR) is 180 cm³/mol. The van der Waals surface area contributed by atoms with Crippen LogP contribution in [0.5, 0.6) is 0 Å². The molecule has 0 atom stereocenters. The van der Waals surface area contributed by atoms with Gasteiger partial charge in [-0.15, -0.1) is 0 Å². The maximum atomic E-state index is 11.9. The molecule has 0 amide bonds. The second-order valence-corrected chi connectivity index (χ2v) is 11.0. The van der Waals surface area contributed by atoms with E-state index in [0.29, 0.717) is 0 Å². The number of allylic oxidation sites excluding steroid dienone is 4. The zero-order valence-corrected chi connectivity index (χ0v) is 28.1. The molecule has 2 aromatic carbocycles. The molecule has 0 aromatic heterocycles. The Morgan fingerprint density at radius 2 is 1.10 bits per heavy atom. The monoisotopic (exact) mass is 612 g/mol. The van der Waals surface area contributed by atoms with Crippen LogP contribution < -0.4 is 9.80 Å². The Morgan fingerprint density at radius 1 is 0.619 bits per heavy atom. The third kappa shape index (κ3) is 8.93. The number of hydrogen-bond acceptors (Lipinski definition) is 2. The van der Waals surface area contributed by atoms with Gasteiger partial charge in [-0.2, -0.15) is 0 Å². The number of nitrogens with zero attached hydrogens (tertiary/aromatic N) is 4. The van der Waals surface area contributed by atoms with Crippen LogP contribution in [0.4, 0.5) is 11.4 Å². The Bertz CT molecular complexity index is 1180. The van der Waals surface area contributed by atoms with E-state index in [9.17, 15) is 5.53 Å². The molecule has 0 saturated heterocycles. The van der Waals surface area contributed by atoms with Crippen molar-refractivity contribution >= 4 is 22.8 Å². The van der Waals surface area contributed by atoms with Gasteiger partial charge in [0.1, 0.15) is 0 Å². The van der Waals surface area contributed by atoms with Gasteiger partial charge in [-0.3, -0.25) is 0 Å². The Labute approximate surface area is 267 Å². The second-order valence-electron chi connectivity index (χ2n) is 11.0. The average Bonchev–Trinajstić information content (AvgIpc) is 3.28. The summed E-state index contributed by atoms with van der Waals surface area (Å²) in [4.78, 5) is 4.72. The van der Waals surface area contributed by atoms with E-state index in [1.54, 1.807) is 0 Å². The van der Waals surface area contributed by atoms with Crippen LogP contribution in [0.1, 0.15) is 110 Å². The summed E-state index contributed by atoms with van der Waals surface area (Å²) >= 11 is 0. The molecule has 0 spiro atoms. The smallest absolute Gasteiger partial charge is 0.215 e. The molecule has 0 bridgehead atoms. The Balaban J connectivity index is 0.00000616. The van der Waals surface area contributed by atoms with Gasteiger partial charge in [0, 0.05) is 70.7 Å². The average molecular weight is 614 g/mol. The number of unbranched alkanes of at least 4 members (excludes halogenated alkanes) is 6. The third-order valence-electron chi connectivity index (χ3n) is 8.37. The molecule has 0 saturated carbocycles. The van der Waals surface area contributed by atoms with E-state index in [4.69, 9.17) is 0 Å². The van der Waals surface area contributed by atoms with Crippen molar-refractivity contribution < 1.29 is 21.2 Å². The van der Waals surface area contributed by atoms with E-state index in [2.05, 4.69) is 112 Å². The van der Waals surface area contributed by atoms with E-state index in [1.165, 1.54) is 53.7 Å². The Morgan fingerprint density at radius 3 is 1.57 bits per heavy atom. The SMILES string of the molecule is CCCCCCCC=CC1=C(c2ccc(N(CC)CC)cc2)[N+](=[N-])C(c2ccc(N(CC)CC)cc2)=C1CCCC.[Ni]. The molecule has 5 heteroatoms. The van der Waals surface area contributed by atoms with E-state index >= 15 is 0 Å². The maximum absolute atomic E-state index is 11.9. The normalized spacial score (nSPS) is 13.3. The molecule has 232 valence electrons. The van der Waals surface area contributed by atoms with Gasteiger partial charge in [0.15, 0.2) is 0 Å². The first-order valence-electron chi connectivity index (χ1n) is 16.4. The Kier molecular flexibility index (Phi) is 15.9. The van der Waals surface area contributed by atoms with Gasteiger partial charge in [-0.25, -0.2) is 4.70 Å². The van der Waals surface area contributed by atoms with Crippen molar-refractivity contribution in [2.45, 2.75) is 99.3 Å². The molecular formula is C37H54N4Ni. The van der Waals surface area contributed by atoms with Crippen LogP contribution in [-0.4, -0.2) is 30.9 Å². The van der Waals surface area contributed by atoms with Crippen LogP contribution in [0.25, 0.3) is 16.9 Å². The van der Waals surface area contributed by atoms with Crippen molar-refractivity contribution in [2.75, 3.05) is 36.0 Å². The predicted octanol–water partition coefficient (Wildman–Crippen LogP) is 10.7. The largest absolute Gasteiger partial charge is 0.493 e. The summed E-state index contributed by atoms with van der Waals surface area (Å²) in [5, 5.41) is 0. The quantitative estimate of drug-likeness (QED) is 0.0952. The van der Waals surface area contributed by atoms with Crippen LogP contribution in [0.3, 0.4) is 0 Å². The summed E-state index contributed by atoms with van der Waals surface area (Å²) in [5.41, 5.74) is 20.7. The molecule has 0 aliphatic carbocycles. The van der Waals surface area contributed by atoms with Gasteiger partial charge in [0.25, 0.3) is 0 Å². The molecule has 1 aliphatic heterocycles. The first-order valence-corrected chi connectivity index (χ1v) is 16.4. The summed E-state index contributed by atoms with van der Waals surface area (Å²) in [5.74, 6) is 0. The zero-order valence-electron chi connectivity index (χ0n) is 27.1. The fraction of sp³-hybridized carbons (Fsp3) is 0.514. The van der Waals surface area contributed by atoms with Gasteiger partial charge >= 0.3 is 0 Å². The number of anilines is 2. The van der Waals surface area contributed by atoms with Crippen LogP contribution in [0.2, 0.25) is 0 Å². The molecule has 0 N–H and O–H groups in total. The number of hydrogen-bond donors (Lipinski definition) is 0. The minimum Gasteiger partial charge on any atom is -0.493 e. The first kappa shape index (κ1) is 35.5. The molecular weight excluding hydrogens is 559 g/mol. The second kappa shape index (κ2) is 18.8. The summed E-state index contributed by atoms with van der Waals surface area (Å²) in [6, 6.07) is 17.5. The van der Waals surface area contributed by atoms with E-state index in [1.807, 2.05) is 0 Å². The van der Waals surface area contributed by atoms with Crippen molar-refractivity contribution in [1.29, 1.82) is 0 Å². The van der Waals surface area contributed by atoms with Gasteiger partial charge in [0.2, 0.25) is 11.4 Å². The fourth-order valence-electron chi connectivity index (χ4n) is 5.89. The van der Waals surface area contributed by atoms with Crippen LogP contribution >= 0.6 is 0 Å². The molecule has 0 fully saturated rings. The fourth-order valence-corrected chi connectivity index (χ4v) is 5.89. The topological polar surface area (TPSA) is 31.8 Å². The van der Waals surface area contributed by atoms with Crippen molar-refractivity contribution in [3.63, 3.8) is 0 Å². The number of benzene rings is 2. The summed E-state index contributed by atoms with van der Waals surface area (Å²) in [7, 11) is 0.